The minimum atomic E-state index is -4.77. The summed E-state index contributed by atoms with van der Waals surface area (Å²) in [6.07, 6.45) is 7.70. The number of benzene rings is 3. The summed E-state index contributed by atoms with van der Waals surface area (Å²) in [5, 5.41) is 4.88. The highest BCUT2D eigenvalue weighted by Crippen LogP contribution is 2.47. The van der Waals surface area contributed by atoms with Crippen molar-refractivity contribution in [3.8, 4) is 21.7 Å². The summed E-state index contributed by atoms with van der Waals surface area (Å²) in [5.41, 5.74) is 0.588. The third-order valence-corrected chi connectivity index (χ3v) is 11.3. The molecule has 0 fully saturated rings. The number of hydrogen-bond acceptors (Lipinski definition) is 6. The molecular formula is C36H27F3N4O2S2. The molecule has 11 heteroatoms. The number of halogens is 3. The SMILES string of the molecule is CS(=O)(=O)c1ccc(-c2ncnc3ccc(-c4cn(C(c5ccccc5)(c5ccccc5)C5C=CC=CC5)nc4C(F)(F)F)cc23)s1. The molecule has 3 aromatic heterocycles. The van der Waals surface area contributed by atoms with E-state index in [0.29, 0.717) is 27.9 Å². The van der Waals surface area contributed by atoms with Gasteiger partial charge in [-0.3, -0.25) is 4.68 Å². The smallest absolute Gasteiger partial charge is 0.256 e. The number of sulfone groups is 1. The third kappa shape index (κ3) is 5.49. The van der Waals surface area contributed by atoms with Crippen LogP contribution in [0.5, 0.6) is 0 Å². The molecule has 1 aliphatic rings. The average Bonchev–Trinajstić information content (AvgIpc) is 3.76. The van der Waals surface area contributed by atoms with Gasteiger partial charge in [0.15, 0.2) is 15.5 Å². The van der Waals surface area contributed by atoms with Gasteiger partial charge in [-0.05, 0) is 47.4 Å². The van der Waals surface area contributed by atoms with Crippen LogP contribution in [0.15, 0.2) is 132 Å². The fourth-order valence-electron chi connectivity index (χ4n) is 6.35. The minimum Gasteiger partial charge on any atom is -0.256 e. The van der Waals surface area contributed by atoms with Crippen LogP contribution in [-0.2, 0) is 21.6 Å². The van der Waals surface area contributed by atoms with Gasteiger partial charge in [0, 0.05) is 29.3 Å². The van der Waals surface area contributed by atoms with E-state index in [2.05, 4.69) is 15.1 Å². The Morgan fingerprint density at radius 3 is 2.17 bits per heavy atom. The van der Waals surface area contributed by atoms with Gasteiger partial charge in [0.25, 0.3) is 0 Å². The molecule has 6 aromatic rings. The van der Waals surface area contributed by atoms with Crippen LogP contribution < -0.4 is 0 Å². The topological polar surface area (TPSA) is 77.7 Å². The van der Waals surface area contributed by atoms with E-state index in [1.807, 2.05) is 85.0 Å². The molecule has 7 rings (SSSR count). The fourth-order valence-corrected chi connectivity index (χ4v) is 8.28. The third-order valence-electron chi connectivity index (χ3n) is 8.42. The maximum absolute atomic E-state index is 15.0. The normalized spacial score (nSPS) is 15.4. The van der Waals surface area contributed by atoms with Crippen molar-refractivity contribution < 1.29 is 21.6 Å². The lowest BCUT2D eigenvalue weighted by atomic mass is 9.70. The van der Waals surface area contributed by atoms with Gasteiger partial charge in [-0.1, -0.05) is 91.0 Å². The summed E-state index contributed by atoms with van der Waals surface area (Å²) < 4.78 is 70.9. The largest absolute Gasteiger partial charge is 0.435 e. The van der Waals surface area contributed by atoms with E-state index in [4.69, 9.17) is 0 Å². The lowest BCUT2D eigenvalue weighted by Gasteiger charge is -2.41. The molecule has 0 radical (unpaired) electrons. The van der Waals surface area contributed by atoms with Crippen molar-refractivity contribution >= 4 is 32.1 Å². The summed E-state index contributed by atoms with van der Waals surface area (Å²) in [7, 11) is -3.45. The molecule has 0 aliphatic heterocycles. The van der Waals surface area contributed by atoms with Crippen LogP contribution >= 0.6 is 11.3 Å². The Kier molecular flexibility index (Phi) is 7.68. The number of nitrogens with zero attached hydrogens (tertiary/aromatic N) is 4. The summed E-state index contributed by atoms with van der Waals surface area (Å²) in [4.78, 5) is 9.30. The van der Waals surface area contributed by atoms with E-state index in [1.165, 1.54) is 23.3 Å². The Morgan fingerprint density at radius 1 is 0.872 bits per heavy atom. The van der Waals surface area contributed by atoms with Crippen LogP contribution in [0.25, 0.3) is 32.6 Å². The van der Waals surface area contributed by atoms with E-state index in [9.17, 15) is 21.6 Å². The lowest BCUT2D eigenvalue weighted by Crippen LogP contribution is -2.43. The molecule has 3 heterocycles. The zero-order valence-corrected chi connectivity index (χ0v) is 26.6. The van der Waals surface area contributed by atoms with Gasteiger partial charge >= 0.3 is 6.18 Å². The number of aromatic nitrogens is 4. The van der Waals surface area contributed by atoms with Crippen LogP contribution in [0.1, 0.15) is 23.2 Å². The second kappa shape index (κ2) is 11.7. The monoisotopic (exact) mass is 668 g/mol. The van der Waals surface area contributed by atoms with E-state index >= 15 is 0 Å². The Bertz CT molecular complexity index is 2220. The summed E-state index contributed by atoms with van der Waals surface area (Å²) >= 11 is 1.05. The first-order valence-corrected chi connectivity index (χ1v) is 17.4. The van der Waals surface area contributed by atoms with Gasteiger partial charge in [-0.25, -0.2) is 18.4 Å². The van der Waals surface area contributed by atoms with Crippen molar-refractivity contribution in [2.24, 2.45) is 5.92 Å². The number of fused-ring (bicyclic) bond motifs is 1. The molecule has 6 nitrogen and oxygen atoms in total. The fraction of sp³-hybridized carbons (Fsp3) is 0.139. The molecule has 3 aromatic carbocycles. The molecule has 0 amide bonds. The molecule has 236 valence electrons. The van der Waals surface area contributed by atoms with Crippen LogP contribution in [0.3, 0.4) is 0 Å². The zero-order valence-electron chi connectivity index (χ0n) is 25.0. The molecule has 0 spiro atoms. The van der Waals surface area contributed by atoms with Crippen LogP contribution in [0, 0.1) is 5.92 Å². The molecular weight excluding hydrogens is 642 g/mol. The number of allylic oxidation sites excluding steroid dienone is 4. The first-order chi connectivity index (χ1) is 22.6. The van der Waals surface area contributed by atoms with Gasteiger partial charge in [0.1, 0.15) is 16.1 Å². The molecule has 0 saturated carbocycles. The van der Waals surface area contributed by atoms with Crippen molar-refractivity contribution in [3.63, 3.8) is 0 Å². The minimum absolute atomic E-state index is 0.0937. The van der Waals surface area contributed by atoms with Gasteiger partial charge in [-0.2, -0.15) is 18.3 Å². The van der Waals surface area contributed by atoms with Gasteiger partial charge in [0.2, 0.25) is 0 Å². The second-order valence-corrected chi connectivity index (χ2v) is 14.7. The Hall–Kier alpha value is -4.87. The highest BCUT2D eigenvalue weighted by Gasteiger charge is 2.46. The quantitative estimate of drug-likeness (QED) is 0.170. The predicted molar refractivity (Wildman–Crippen MR) is 178 cm³/mol. The summed E-state index contributed by atoms with van der Waals surface area (Å²) in [5.74, 6) is -0.259. The number of thiophene rings is 1. The molecule has 1 atom stereocenters. The molecule has 1 unspecified atom stereocenters. The predicted octanol–water partition coefficient (Wildman–Crippen LogP) is 8.57. The lowest BCUT2D eigenvalue weighted by molar-refractivity contribution is -0.141. The summed E-state index contributed by atoms with van der Waals surface area (Å²) in [6, 6.07) is 27.0. The van der Waals surface area contributed by atoms with Crippen molar-refractivity contribution in [3.05, 3.63) is 145 Å². The molecule has 47 heavy (non-hydrogen) atoms. The van der Waals surface area contributed by atoms with Gasteiger partial charge in [0.05, 0.1) is 16.1 Å². The maximum Gasteiger partial charge on any atom is 0.435 e. The van der Waals surface area contributed by atoms with E-state index in [-0.39, 0.29) is 21.3 Å². The van der Waals surface area contributed by atoms with E-state index in [1.54, 1.807) is 24.3 Å². The van der Waals surface area contributed by atoms with Gasteiger partial charge in [-0.15, -0.1) is 11.3 Å². The highest BCUT2D eigenvalue weighted by atomic mass is 32.2. The molecule has 0 saturated heterocycles. The van der Waals surface area contributed by atoms with Crippen LogP contribution in [-0.4, -0.2) is 34.4 Å². The molecule has 1 aliphatic carbocycles. The van der Waals surface area contributed by atoms with Crippen molar-refractivity contribution in [2.75, 3.05) is 6.26 Å². The molecule has 0 N–H and O–H groups in total. The highest BCUT2D eigenvalue weighted by molar-refractivity contribution is 7.92. The Balaban J connectivity index is 1.48. The van der Waals surface area contributed by atoms with Crippen molar-refractivity contribution in [2.45, 2.75) is 22.3 Å². The number of hydrogen-bond donors (Lipinski definition) is 0. The maximum atomic E-state index is 15.0. The average molecular weight is 669 g/mol. The zero-order chi connectivity index (χ0) is 32.8. The van der Waals surface area contributed by atoms with E-state index in [0.717, 1.165) is 28.7 Å². The van der Waals surface area contributed by atoms with Crippen molar-refractivity contribution in [1.29, 1.82) is 0 Å². The number of alkyl halides is 3. The van der Waals surface area contributed by atoms with Crippen LogP contribution in [0.4, 0.5) is 13.2 Å². The first-order valence-electron chi connectivity index (χ1n) is 14.7. The summed E-state index contributed by atoms with van der Waals surface area (Å²) in [6.45, 7) is 0. The van der Waals surface area contributed by atoms with Crippen molar-refractivity contribution in [1.82, 2.24) is 19.7 Å². The standard InChI is InChI=1S/C36H27F3N4O2S2/c1-47(44,45)32-20-19-31(46-32)33-28-21-24(17-18-30(28)40-23-41-33)29-22-43(42-34(29)36(37,38)39)35(25-11-5-2-6-12-25,26-13-7-3-8-14-26)27-15-9-4-10-16-27/h2-15,17-23,27H,16H2,1H3. The first kappa shape index (κ1) is 30.8. The Labute approximate surface area is 273 Å². The molecule has 0 bridgehead atoms. The van der Waals surface area contributed by atoms with Gasteiger partial charge < -0.3 is 0 Å². The van der Waals surface area contributed by atoms with E-state index < -0.39 is 27.2 Å². The Morgan fingerprint density at radius 2 is 1.57 bits per heavy atom. The second-order valence-electron chi connectivity index (χ2n) is 11.3. The number of rotatable bonds is 7. The van der Waals surface area contributed by atoms with Crippen LogP contribution in [0.2, 0.25) is 0 Å².